The zero-order chi connectivity index (χ0) is 7.56. The van der Waals surface area contributed by atoms with Gasteiger partial charge in [-0.2, -0.15) is 0 Å². The van der Waals surface area contributed by atoms with Crippen molar-refractivity contribution in [3.8, 4) is 0 Å². The number of nitrogens with zero attached hydrogens (tertiary/aromatic N) is 1. The van der Waals surface area contributed by atoms with E-state index in [1.165, 1.54) is 0 Å². The van der Waals surface area contributed by atoms with Gasteiger partial charge in [0.25, 0.3) is 0 Å². The van der Waals surface area contributed by atoms with E-state index in [4.69, 9.17) is 10.8 Å². The summed E-state index contributed by atoms with van der Waals surface area (Å²) in [4.78, 5) is 3.94. The Balaban J connectivity index is 3.06. The van der Waals surface area contributed by atoms with Crippen LogP contribution in [0.5, 0.6) is 0 Å². The van der Waals surface area contributed by atoms with Crippen LogP contribution in [-0.4, -0.2) is 10.1 Å². The van der Waals surface area contributed by atoms with E-state index in [1.54, 1.807) is 12.1 Å². The minimum atomic E-state index is -0.0797. The van der Waals surface area contributed by atoms with Crippen LogP contribution in [0.4, 0.5) is 5.69 Å². The summed E-state index contributed by atoms with van der Waals surface area (Å²) < 4.78 is 0.650. The third-order valence-corrected chi connectivity index (χ3v) is 1.44. The summed E-state index contributed by atoms with van der Waals surface area (Å²) in [6, 6.07) is 3.31. The molecule has 3 nitrogen and oxygen atoms in total. The molecule has 0 aliphatic rings. The predicted octanol–water partition coefficient (Wildman–Crippen LogP) is 0.919. The van der Waals surface area contributed by atoms with Crippen molar-refractivity contribution < 1.29 is 5.11 Å². The van der Waals surface area contributed by atoms with Crippen molar-refractivity contribution in [3.05, 3.63) is 22.4 Å². The smallest absolute Gasteiger partial charge is 0.108 e. The fourth-order valence-electron chi connectivity index (χ4n) is 0.654. The van der Waals surface area contributed by atoms with Gasteiger partial charge in [0, 0.05) is 5.69 Å². The van der Waals surface area contributed by atoms with E-state index >= 15 is 0 Å². The largest absolute Gasteiger partial charge is 0.399 e. The van der Waals surface area contributed by atoms with Crippen LogP contribution in [0, 0.1) is 0 Å². The number of hydrogen-bond donors (Lipinski definition) is 2. The summed E-state index contributed by atoms with van der Waals surface area (Å²) in [5.74, 6) is 0. The van der Waals surface area contributed by atoms with Gasteiger partial charge in [-0.15, -0.1) is 0 Å². The Labute approximate surface area is 67.0 Å². The van der Waals surface area contributed by atoms with E-state index in [2.05, 4.69) is 20.9 Å². The Morgan fingerprint density at radius 2 is 2.30 bits per heavy atom. The fraction of sp³-hybridized carbons (Fsp3) is 0.167. The van der Waals surface area contributed by atoms with Crippen LogP contribution in [0.15, 0.2) is 16.7 Å². The van der Waals surface area contributed by atoms with Crippen LogP contribution in [0.2, 0.25) is 0 Å². The summed E-state index contributed by atoms with van der Waals surface area (Å²) in [6.07, 6.45) is 0. The van der Waals surface area contributed by atoms with Crippen molar-refractivity contribution in [3.63, 3.8) is 0 Å². The maximum absolute atomic E-state index is 8.65. The SMILES string of the molecule is Nc1cc(Br)nc(CO)c1. The molecular formula is C6H7BrN2O. The second kappa shape index (κ2) is 2.98. The summed E-state index contributed by atoms with van der Waals surface area (Å²) >= 11 is 3.15. The van der Waals surface area contributed by atoms with E-state index in [0.717, 1.165) is 0 Å². The average Bonchev–Trinajstić information content (AvgIpc) is 1.85. The number of aliphatic hydroxyl groups is 1. The number of hydrogen-bond acceptors (Lipinski definition) is 3. The van der Waals surface area contributed by atoms with Gasteiger partial charge in [-0.3, -0.25) is 0 Å². The Morgan fingerprint density at radius 1 is 1.60 bits per heavy atom. The molecule has 54 valence electrons. The van der Waals surface area contributed by atoms with E-state index in [-0.39, 0.29) is 6.61 Å². The standard InChI is InChI=1S/C6H7BrN2O/c7-6-2-4(8)1-5(3-10)9-6/h1-2,10H,3H2,(H2,8,9). The molecule has 0 bridgehead atoms. The van der Waals surface area contributed by atoms with Gasteiger partial charge in [-0.1, -0.05) is 0 Å². The second-order valence-corrected chi connectivity index (χ2v) is 2.69. The van der Waals surface area contributed by atoms with Crippen molar-refractivity contribution in [2.45, 2.75) is 6.61 Å². The van der Waals surface area contributed by atoms with Crippen LogP contribution in [0.3, 0.4) is 0 Å². The number of pyridine rings is 1. The summed E-state index contributed by atoms with van der Waals surface area (Å²) in [6.45, 7) is -0.0797. The number of anilines is 1. The van der Waals surface area contributed by atoms with Gasteiger partial charge in [-0.25, -0.2) is 4.98 Å². The molecule has 0 fully saturated rings. The molecule has 0 radical (unpaired) electrons. The third kappa shape index (κ3) is 1.68. The van der Waals surface area contributed by atoms with Crippen LogP contribution in [0.25, 0.3) is 0 Å². The molecule has 10 heavy (non-hydrogen) atoms. The zero-order valence-electron chi connectivity index (χ0n) is 5.21. The highest BCUT2D eigenvalue weighted by molar-refractivity contribution is 9.10. The molecular weight excluding hydrogens is 196 g/mol. The van der Waals surface area contributed by atoms with Gasteiger partial charge in [0.15, 0.2) is 0 Å². The quantitative estimate of drug-likeness (QED) is 0.667. The first-order valence-corrected chi connectivity index (χ1v) is 3.54. The minimum Gasteiger partial charge on any atom is -0.399 e. The Hall–Kier alpha value is -0.610. The molecule has 3 N–H and O–H groups in total. The number of aliphatic hydroxyl groups excluding tert-OH is 1. The molecule has 4 heteroatoms. The van der Waals surface area contributed by atoms with Gasteiger partial charge >= 0.3 is 0 Å². The highest BCUT2D eigenvalue weighted by Crippen LogP contribution is 2.12. The summed E-state index contributed by atoms with van der Waals surface area (Å²) in [7, 11) is 0. The van der Waals surface area contributed by atoms with E-state index in [1.807, 2.05) is 0 Å². The lowest BCUT2D eigenvalue weighted by Crippen LogP contribution is -1.93. The monoisotopic (exact) mass is 202 g/mol. The number of halogens is 1. The van der Waals surface area contributed by atoms with Gasteiger partial charge in [0.2, 0.25) is 0 Å². The van der Waals surface area contributed by atoms with Gasteiger partial charge in [0.05, 0.1) is 12.3 Å². The highest BCUT2D eigenvalue weighted by Gasteiger charge is 1.95. The number of rotatable bonds is 1. The van der Waals surface area contributed by atoms with Gasteiger partial charge < -0.3 is 10.8 Å². The molecule has 0 saturated carbocycles. The molecule has 0 unspecified atom stereocenters. The lowest BCUT2D eigenvalue weighted by atomic mass is 10.3. The maximum atomic E-state index is 8.65. The summed E-state index contributed by atoms with van der Waals surface area (Å²) in [5.41, 5.74) is 6.63. The minimum absolute atomic E-state index is 0.0797. The Kier molecular flexibility index (Phi) is 2.24. The van der Waals surface area contributed by atoms with Crippen LogP contribution in [-0.2, 0) is 6.61 Å². The first-order valence-electron chi connectivity index (χ1n) is 2.75. The molecule has 1 rings (SSSR count). The summed E-state index contributed by atoms with van der Waals surface area (Å²) in [5, 5.41) is 8.65. The zero-order valence-corrected chi connectivity index (χ0v) is 6.80. The van der Waals surface area contributed by atoms with Crippen molar-refractivity contribution in [1.29, 1.82) is 0 Å². The number of aromatic nitrogens is 1. The van der Waals surface area contributed by atoms with E-state index in [9.17, 15) is 0 Å². The molecule has 1 aromatic rings. The van der Waals surface area contributed by atoms with E-state index < -0.39 is 0 Å². The molecule has 0 amide bonds. The number of nitrogens with two attached hydrogens (primary N) is 1. The normalized spacial score (nSPS) is 9.80. The molecule has 1 heterocycles. The van der Waals surface area contributed by atoms with Crippen LogP contribution < -0.4 is 5.73 Å². The molecule has 0 atom stereocenters. The number of nitrogen functional groups attached to an aromatic ring is 1. The van der Waals surface area contributed by atoms with Crippen molar-refractivity contribution in [1.82, 2.24) is 4.98 Å². The van der Waals surface area contributed by atoms with Crippen LogP contribution >= 0.6 is 15.9 Å². The molecule has 0 aliphatic carbocycles. The molecule has 0 aromatic carbocycles. The topological polar surface area (TPSA) is 59.1 Å². The lowest BCUT2D eigenvalue weighted by Gasteiger charge is -1.97. The maximum Gasteiger partial charge on any atom is 0.108 e. The third-order valence-electron chi connectivity index (χ3n) is 1.03. The fourth-order valence-corrected chi connectivity index (χ4v) is 1.15. The lowest BCUT2D eigenvalue weighted by molar-refractivity contribution is 0.276. The van der Waals surface area contributed by atoms with Gasteiger partial charge in [0.1, 0.15) is 4.60 Å². The van der Waals surface area contributed by atoms with Crippen molar-refractivity contribution in [2.24, 2.45) is 0 Å². The Bertz CT molecular complexity index is 219. The first-order chi connectivity index (χ1) is 4.72. The Morgan fingerprint density at radius 3 is 2.80 bits per heavy atom. The van der Waals surface area contributed by atoms with E-state index in [0.29, 0.717) is 16.0 Å². The highest BCUT2D eigenvalue weighted by atomic mass is 79.9. The van der Waals surface area contributed by atoms with Crippen molar-refractivity contribution >= 4 is 21.6 Å². The molecule has 0 aliphatic heterocycles. The predicted molar refractivity (Wildman–Crippen MR) is 42.3 cm³/mol. The van der Waals surface area contributed by atoms with Crippen LogP contribution in [0.1, 0.15) is 5.69 Å². The average molecular weight is 203 g/mol. The van der Waals surface area contributed by atoms with Gasteiger partial charge in [-0.05, 0) is 28.1 Å². The second-order valence-electron chi connectivity index (χ2n) is 1.87. The van der Waals surface area contributed by atoms with Crippen molar-refractivity contribution in [2.75, 3.05) is 5.73 Å². The molecule has 1 aromatic heterocycles. The molecule has 0 saturated heterocycles. The first kappa shape index (κ1) is 7.50. The molecule has 0 spiro atoms.